The predicted molar refractivity (Wildman–Crippen MR) is 65.1 cm³/mol. The number of hydrogen-bond acceptors (Lipinski definition) is 2. The number of furan rings is 1. The van der Waals surface area contributed by atoms with Crippen molar-refractivity contribution in [2.75, 3.05) is 0 Å². The van der Waals surface area contributed by atoms with Crippen LogP contribution in [0.1, 0.15) is 37.3 Å². The van der Waals surface area contributed by atoms with Gasteiger partial charge < -0.3 is 9.73 Å². The van der Waals surface area contributed by atoms with Crippen LogP contribution in [0.5, 0.6) is 0 Å². The maximum Gasteiger partial charge on any atom is 0.123 e. The zero-order valence-electron chi connectivity index (χ0n) is 9.98. The molecular weight excluding hydrogens is 217 g/mol. The minimum Gasteiger partial charge on any atom is -0.468 e. The lowest BCUT2D eigenvalue weighted by Gasteiger charge is -2.18. The van der Waals surface area contributed by atoms with Crippen LogP contribution in [0.25, 0.3) is 0 Å². The first kappa shape index (κ1) is 11.9. The van der Waals surface area contributed by atoms with Crippen molar-refractivity contribution in [1.82, 2.24) is 5.32 Å². The predicted octanol–water partition coefficient (Wildman–Crippen LogP) is 3.83. The molecule has 0 aliphatic carbocycles. The van der Waals surface area contributed by atoms with E-state index < -0.39 is 0 Å². The Kier molecular flexibility index (Phi) is 3.59. The van der Waals surface area contributed by atoms with Gasteiger partial charge in [0.05, 0.1) is 12.3 Å². The van der Waals surface area contributed by atoms with Gasteiger partial charge in [-0.3, -0.25) is 0 Å². The summed E-state index contributed by atoms with van der Waals surface area (Å²) in [5.41, 5.74) is 1.06. The molecule has 2 atom stereocenters. The molecule has 17 heavy (non-hydrogen) atoms. The van der Waals surface area contributed by atoms with E-state index in [0.717, 1.165) is 11.3 Å². The topological polar surface area (TPSA) is 25.2 Å². The monoisotopic (exact) mass is 233 g/mol. The summed E-state index contributed by atoms with van der Waals surface area (Å²) in [5, 5.41) is 3.40. The lowest BCUT2D eigenvalue weighted by molar-refractivity contribution is 0.403. The third kappa shape index (κ3) is 2.94. The van der Waals surface area contributed by atoms with Gasteiger partial charge in [-0.05, 0) is 43.7 Å². The van der Waals surface area contributed by atoms with Gasteiger partial charge >= 0.3 is 0 Å². The molecule has 0 amide bonds. The zero-order valence-corrected chi connectivity index (χ0v) is 9.98. The molecule has 2 aromatic rings. The average molecular weight is 233 g/mol. The fraction of sp³-hybridized carbons (Fsp3) is 0.286. The van der Waals surface area contributed by atoms with E-state index in [4.69, 9.17) is 4.42 Å². The molecular formula is C14H16FNO. The molecule has 1 heterocycles. The van der Waals surface area contributed by atoms with Crippen LogP contribution in [-0.2, 0) is 0 Å². The van der Waals surface area contributed by atoms with Crippen LogP contribution in [0.15, 0.2) is 47.1 Å². The van der Waals surface area contributed by atoms with E-state index in [0.29, 0.717) is 0 Å². The van der Waals surface area contributed by atoms with E-state index in [-0.39, 0.29) is 17.9 Å². The van der Waals surface area contributed by atoms with Crippen LogP contribution in [0.3, 0.4) is 0 Å². The fourth-order valence-corrected chi connectivity index (χ4v) is 1.84. The Morgan fingerprint density at radius 1 is 1.06 bits per heavy atom. The van der Waals surface area contributed by atoms with Gasteiger partial charge in [-0.2, -0.15) is 0 Å². The van der Waals surface area contributed by atoms with Gasteiger partial charge in [-0.25, -0.2) is 4.39 Å². The Morgan fingerprint density at radius 2 is 1.76 bits per heavy atom. The summed E-state index contributed by atoms with van der Waals surface area (Å²) in [5.74, 6) is 0.694. The number of hydrogen-bond donors (Lipinski definition) is 1. The van der Waals surface area contributed by atoms with Gasteiger partial charge in [-0.1, -0.05) is 12.1 Å². The van der Waals surface area contributed by atoms with Crippen molar-refractivity contribution < 1.29 is 8.81 Å². The van der Waals surface area contributed by atoms with Crippen LogP contribution < -0.4 is 5.32 Å². The normalized spacial score (nSPS) is 14.5. The Bertz CT molecular complexity index is 450. The molecule has 0 radical (unpaired) electrons. The first-order valence-electron chi connectivity index (χ1n) is 5.71. The molecule has 0 fully saturated rings. The summed E-state index contributed by atoms with van der Waals surface area (Å²) < 4.78 is 18.1. The smallest absolute Gasteiger partial charge is 0.123 e. The van der Waals surface area contributed by atoms with Gasteiger partial charge in [0.1, 0.15) is 11.6 Å². The van der Waals surface area contributed by atoms with E-state index in [1.165, 1.54) is 12.1 Å². The summed E-state index contributed by atoms with van der Waals surface area (Å²) in [6.07, 6.45) is 1.66. The average Bonchev–Trinajstić information content (AvgIpc) is 2.83. The van der Waals surface area contributed by atoms with E-state index in [1.54, 1.807) is 18.4 Å². The molecule has 1 aromatic heterocycles. The minimum absolute atomic E-state index is 0.130. The molecule has 2 rings (SSSR count). The lowest BCUT2D eigenvalue weighted by Crippen LogP contribution is -2.22. The Labute approximate surface area is 100 Å². The van der Waals surface area contributed by atoms with Gasteiger partial charge in [0.25, 0.3) is 0 Å². The van der Waals surface area contributed by atoms with Crippen molar-refractivity contribution in [3.8, 4) is 0 Å². The summed E-state index contributed by atoms with van der Waals surface area (Å²) in [6, 6.07) is 10.6. The van der Waals surface area contributed by atoms with Gasteiger partial charge in [0.2, 0.25) is 0 Å². The molecule has 0 aliphatic rings. The van der Waals surface area contributed by atoms with Crippen molar-refractivity contribution in [3.05, 3.63) is 59.8 Å². The number of rotatable bonds is 4. The van der Waals surface area contributed by atoms with E-state index in [9.17, 15) is 4.39 Å². The summed E-state index contributed by atoms with van der Waals surface area (Å²) in [7, 11) is 0. The molecule has 0 bridgehead atoms. The van der Waals surface area contributed by atoms with Crippen LogP contribution in [0.4, 0.5) is 4.39 Å². The van der Waals surface area contributed by atoms with Crippen LogP contribution in [-0.4, -0.2) is 0 Å². The Hall–Kier alpha value is -1.61. The van der Waals surface area contributed by atoms with Crippen LogP contribution in [0, 0.1) is 5.82 Å². The van der Waals surface area contributed by atoms with Crippen LogP contribution in [0.2, 0.25) is 0 Å². The molecule has 1 N–H and O–H groups in total. The number of benzene rings is 1. The second-order valence-corrected chi connectivity index (χ2v) is 4.18. The standard InChI is InChI=1S/C14H16FNO/c1-10(12-5-7-13(15)8-6-12)16-11(2)14-4-3-9-17-14/h3-11,16H,1-2H3/t10?,11-/m1/s1. The Balaban J connectivity index is 2.01. The molecule has 2 nitrogen and oxygen atoms in total. The van der Waals surface area contributed by atoms with Crippen molar-refractivity contribution in [1.29, 1.82) is 0 Å². The third-order valence-electron chi connectivity index (χ3n) is 2.84. The van der Waals surface area contributed by atoms with Crippen LogP contribution >= 0.6 is 0 Å². The second kappa shape index (κ2) is 5.15. The van der Waals surface area contributed by atoms with E-state index in [2.05, 4.69) is 5.32 Å². The fourth-order valence-electron chi connectivity index (χ4n) is 1.84. The van der Waals surface area contributed by atoms with Crippen molar-refractivity contribution in [2.45, 2.75) is 25.9 Å². The largest absolute Gasteiger partial charge is 0.468 e. The van der Waals surface area contributed by atoms with Crippen molar-refractivity contribution in [3.63, 3.8) is 0 Å². The highest BCUT2D eigenvalue weighted by Gasteiger charge is 2.12. The molecule has 1 unspecified atom stereocenters. The Morgan fingerprint density at radius 3 is 2.35 bits per heavy atom. The molecule has 0 aliphatic heterocycles. The minimum atomic E-state index is -0.208. The molecule has 0 saturated heterocycles. The van der Waals surface area contributed by atoms with Gasteiger partial charge in [0.15, 0.2) is 0 Å². The first-order chi connectivity index (χ1) is 8.16. The molecule has 1 aromatic carbocycles. The maximum atomic E-state index is 12.8. The molecule has 3 heteroatoms. The van der Waals surface area contributed by atoms with Crippen molar-refractivity contribution >= 4 is 0 Å². The van der Waals surface area contributed by atoms with Crippen molar-refractivity contribution in [2.24, 2.45) is 0 Å². The maximum absolute atomic E-state index is 12.8. The molecule has 0 spiro atoms. The lowest BCUT2D eigenvalue weighted by atomic mass is 10.1. The highest BCUT2D eigenvalue weighted by molar-refractivity contribution is 5.19. The highest BCUT2D eigenvalue weighted by Crippen LogP contribution is 2.19. The quantitative estimate of drug-likeness (QED) is 0.868. The molecule has 0 saturated carbocycles. The zero-order chi connectivity index (χ0) is 12.3. The number of halogens is 1. The highest BCUT2D eigenvalue weighted by atomic mass is 19.1. The third-order valence-corrected chi connectivity index (χ3v) is 2.84. The SMILES string of the molecule is CC(N[C@H](C)c1ccco1)c1ccc(F)cc1. The number of nitrogens with one attached hydrogen (secondary N) is 1. The summed E-state index contributed by atoms with van der Waals surface area (Å²) in [4.78, 5) is 0. The summed E-state index contributed by atoms with van der Waals surface area (Å²) in [6.45, 7) is 4.09. The molecule has 90 valence electrons. The summed E-state index contributed by atoms with van der Waals surface area (Å²) >= 11 is 0. The van der Waals surface area contributed by atoms with E-state index in [1.807, 2.05) is 26.0 Å². The first-order valence-corrected chi connectivity index (χ1v) is 5.71. The van der Waals surface area contributed by atoms with E-state index >= 15 is 0 Å². The van der Waals surface area contributed by atoms with Gasteiger partial charge in [0, 0.05) is 6.04 Å². The second-order valence-electron chi connectivity index (χ2n) is 4.18. The van der Waals surface area contributed by atoms with Gasteiger partial charge in [-0.15, -0.1) is 0 Å².